The molecule has 0 bridgehead atoms. The minimum atomic E-state index is -3.01. The lowest BCUT2D eigenvalue weighted by Crippen LogP contribution is -2.30. The van der Waals surface area contributed by atoms with E-state index in [1.165, 1.54) is 18.2 Å². The first-order valence-electron chi connectivity index (χ1n) is 4.00. The molecule has 0 radical (unpaired) electrons. The highest BCUT2D eigenvalue weighted by Gasteiger charge is 2.28. The molecule has 0 spiro atoms. The van der Waals surface area contributed by atoms with Gasteiger partial charge in [-0.3, -0.25) is 0 Å². The lowest BCUT2D eigenvalue weighted by atomic mass is 10.1. The van der Waals surface area contributed by atoms with Gasteiger partial charge in [0.2, 0.25) is 0 Å². The second kappa shape index (κ2) is 4.11. The maximum Gasteiger partial charge on any atom is 0.264 e. The van der Waals surface area contributed by atoms with E-state index in [9.17, 15) is 13.9 Å². The van der Waals surface area contributed by atoms with Crippen LogP contribution in [0.4, 0.5) is 8.78 Å². The third-order valence-electron chi connectivity index (χ3n) is 1.79. The summed E-state index contributed by atoms with van der Waals surface area (Å²) in [6.07, 6.45) is -0.601. The molecular formula is C9H10ClF2NO. The number of phenols is 1. The van der Waals surface area contributed by atoms with Crippen molar-refractivity contribution in [3.63, 3.8) is 0 Å². The monoisotopic (exact) mass is 221 g/mol. The standard InChI is InChI=1S/C9H10ClF2NO/c10-7-1-2-8(14)6(3-7)4-9(11,12)5-13/h1-3,14H,4-5,13H2. The Balaban J connectivity index is 2.91. The van der Waals surface area contributed by atoms with Crippen molar-refractivity contribution in [2.75, 3.05) is 6.54 Å². The van der Waals surface area contributed by atoms with Crippen LogP contribution in [0.3, 0.4) is 0 Å². The molecule has 78 valence electrons. The summed E-state index contributed by atoms with van der Waals surface area (Å²) >= 11 is 5.60. The molecule has 0 heterocycles. The number of phenolic OH excluding ortho intramolecular Hbond substituents is 1. The molecule has 1 aromatic rings. The van der Waals surface area contributed by atoms with Gasteiger partial charge in [-0.1, -0.05) is 11.6 Å². The Morgan fingerprint density at radius 3 is 2.64 bits per heavy atom. The zero-order valence-electron chi connectivity index (χ0n) is 7.30. The van der Waals surface area contributed by atoms with Gasteiger partial charge in [0.05, 0.1) is 6.54 Å². The molecule has 0 aliphatic heterocycles. The van der Waals surface area contributed by atoms with Gasteiger partial charge in [0, 0.05) is 17.0 Å². The number of rotatable bonds is 3. The first kappa shape index (κ1) is 11.2. The molecule has 0 amide bonds. The van der Waals surface area contributed by atoms with Crippen molar-refractivity contribution >= 4 is 11.6 Å². The van der Waals surface area contributed by atoms with Crippen molar-refractivity contribution in [1.82, 2.24) is 0 Å². The lowest BCUT2D eigenvalue weighted by molar-refractivity contribution is 0.0109. The van der Waals surface area contributed by atoms with Crippen LogP contribution in [0.15, 0.2) is 18.2 Å². The van der Waals surface area contributed by atoms with Crippen LogP contribution in [-0.2, 0) is 6.42 Å². The Bertz CT molecular complexity index is 331. The van der Waals surface area contributed by atoms with Crippen LogP contribution in [-0.4, -0.2) is 17.6 Å². The Hall–Kier alpha value is -0.870. The van der Waals surface area contributed by atoms with E-state index in [2.05, 4.69) is 0 Å². The summed E-state index contributed by atoms with van der Waals surface area (Å²) in [6.45, 7) is -0.751. The summed E-state index contributed by atoms with van der Waals surface area (Å²) < 4.78 is 25.7. The van der Waals surface area contributed by atoms with Crippen LogP contribution in [0.5, 0.6) is 5.75 Å². The summed E-state index contributed by atoms with van der Waals surface area (Å²) in [5, 5.41) is 9.57. The number of benzene rings is 1. The molecule has 0 fully saturated rings. The number of alkyl halides is 2. The molecule has 1 aromatic carbocycles. The maximum absolute atomic E-state index is 12.9. The Kier molecular flexibility index (Phi) is 3.29. The van der Waals surface area contributed by atoms with Crippen LogP contribution >= 0.6 is 11.6 Å². The van der Waals surface area contributed by atoms with Gasteiger partial charge in [-0.25, -0.2) is 8.78 Å². The Morgan fingerprint density at radius 1 is 1.43 bits per heavy atom. The molecule has 1 rings (SSSR count). The predicted molar refractivity (Wildman–Crippen MR) is 50.8 cm³/mol. The third-order valence-corrected chi connectivity index (χ3v) is 2.02. The van der Waals surface area contributed by atoms with Gasteiger partial charge in [-0.05, 0) is 18.2 Å². The zero-order valence-corrected chi connectivity index (χ0v) is 8.06. The van der Waals surface area contributed by atoms with Gasteiger partial charge in [0.1, 0.15) is 5.75 Å². The molecule has 0 saturated heterocycles. The minimum absolute atomic E-state index is 0.105. The van der Waals surface area contributed by atoms with Gasteiger partial charge in [0.25, 0.3) is 5.92 Å². The Morgan fingerprint density at radius 2 is 2.07 bits per heavy atom. The second-order valence-corrected chi connectivity index (χ2v) is 3.45. The van der Waals surface area contributed by atoms with Crippen LogP contribution in [0.1, 0.15) is 5.56 Å². The number of nitrogens with two attached hydrogens (primary N) is 1. The van der Waals surface area contributed by atoms with Crippen molar-refractivity contribution < 1.29 is 13.9 Å². The number of hydrogen-bond acceptors (Lipinski definition) is 2. The fraction of sp³-hybridized carbons (Fsp3) is 0.333. The summed E-state index contributed by atoms with van der Waals surface area (Å²) in [5.41, 5.74) is 4.98. The molecule has 0 atom stereocenters. The van der Waals surface area contributed by atoms with E-state index in [0.717, 1.165) is 0 Å². The van der Waals surface area contributed by atoms with Crippen LogP contribution < -0.4 is 5.73 Å². The molecule has 0 aromatic heterocycles. The molecule has 0 unspecified atom stereocenters. The average molecular weight is 222 g/mol. The smallest absolute Gasteiger partial charge is 0.264 e. The van der Waals surface area contributed by atoms with E-state index in [4.69, 9.17) is 17.3 Å². The van der Waals surface area contributed by atoms with E-state index < -0.39 is 18.9 Å². The highest BCUT2D eigenvalue weighted by atomic mass is 35.5. The molecular weight excluding hydrogens is 212 g/mol. The number of aromatic hydroxyl groups is 1. The van der Waals surface area contributed by atoms with Crippen molar-refractivity contribution in [3.8, 4) is 5.75 Å². The highest BCUT2D eigenvalue weighted by Crippen LogP contribution is 2.27. The fourth-order valence-electron chi connectivity index (χ4n) is 1.05. The van der Waals surface area contributed by atoms with Crippen molar-refractivity contribution in [2.45, 2.75) is 12.3 Å². The van der Waals surface area contributed by atoms with Crippen LogP contribution in [0.25, 0.3) is 0 Å². The molecule has 14 heavy (non-hydrogen) atoms. The van der Waals surface area contributed by atoms with Crippen LogP contribution in [0.2, 0.25) is 5.02 Å². The number of hydrogen-bond donors (Lipinski definition) is 2. The minimum Gasteiger partial charge on any atom is -0.508 e. The molecule has 3 N–H and O–H groups in total. The Labute approximate surface area is 85.3 Å². The van der Waals surface area contributed by atoms with E-state index in [-0.39, 0.29) is 11.3 Å². The van der Waals surface area contributed by atoms with Gasteiger partial charge in [-0.2, -0.15) is 0 Å². The summed E-state index contributed by atoms with van der Waals surface area (Å²) in [7, 11) is 0. The first-order valence-corrected chi connectivity index (χ1v) is 4.38. The average Bonchev–Trinajstić information content (AvgIpc) is 2.11. The highest BCUT2D eigenvalue weighted by molar-refractivity contribution is 6.30. The topological polar surface area (TPSA) is 46.2 Å². The molecule has 0 saturated carbocycles. The van der Waals surface area contributed by atoms with Crippen molar-refractivity contribution in [2.24, 2.45) is 5.73 Å². The lowest BCUT2D eigenvalue weighted by Gasteiger charge is -2.14. The summed E-state index contributed by atoms with van der Waals surface area (Å²) in [6, 6.07) is 4.02. The summed E-state index contributed by atoms with van der Waals surface area (Å²) in [5.74, 6) is -3.20. The van der Waals surface area contributed by atoms with Crippen molar-refractivity contribution in [3.05, 3.63) is 28.8 Å². The van der Waals surface area contributed by atoms with Gasteiger partial charge >= 0.3 is 0 Å². The molecule has 0 aliphatic carbocycles. The molecule has 0 aliphatic rings. The molecule has 2 nitrogen and oxygen atoms in total. The third kappa shape index (κ3) is 2.82. The molecule has 5 heteroatoms. The van der Waals surface area contributed by atoms with E-state index in [1.807, 2.05) is 0 Å². The van der Waals surface area contributed by atoms with Crippen molar-refractivity contribution in [1.29, 1.82) is 0 Å². The quantitative estimate of drug-likeness (QED) is 0.822. The first-order chi connectivity index (χ1) is 6.44. The van der Waals surface area contributed by atoms with E-state index >= 15 is 0 Å². The predicted octanol–water partition coefficient (Wildman–Crippen LogP) is 2.18. The SMILES string of the molecule is NCC(F)(F)Cc1cc(Cl)ccc1O. The van der Waals surface area contributed by atoms with E-state index in [1.54, 1.807) is 0 Å². The maximum atomic E-state index is 12.9. The fourth-order valence-corrected chi connectivity index (χ4v) is 1.24. The van der Waals surface area contributed by atoms with E-state index in [0.29, 0.717) is 5.02 Å². The number of halogens is 3. The zero-order chi connectivity index (χ0) is 10.8. The summed E-state index contributed by atoms with van der Waals surface area (Å²) in [4.78, 5) is 0. The van der Waals surface area contributed by atoms with Gasteiger partial charge in [0.15, 0.2) is 0 Å². The largest absolute Gasteiger partial charge is 0.508 e. The second-order valence-electron chi connectivity index (χ2n) is 3.01. The van der Waals surface area contributed by atoms with Crippen LogP contribution in [0, 0.1) is 0 Å². The van der Waals surface area contributed by atoms with Gasteiger partial charge < -0.3 is 10.8 Å². The van der Waals surface area contributed by atoms with Gasteiger partial charge in [-0.15, -0.1) is 0 Å². The normalized spacial score (nSPS) is 11.7.